The van der Waals surface area contributed by atoms with E-state index in [4.69, 9.17) is 14.2 Å². The van der Waals surface area contributed by atoms with Gasteiger partial charge in [-0.2, -0.15) is 0 Å². The standard InChI is InChI=1S/C24H24FN5O4/c1-32-20-4-2-16(25)12-18(20)19-14-23(27-15-26-19)29-6-8-30(9-7-29)24(31)28-17-3-5-21-22(13-17)34-11-10-33-21/h2-5,12-15H,6-11H2,1H3,(H,28,31). The number of aromatic nitrogens is 2. The summed E-state index contributed by atoms with van der Waals surface area (Å²) in [4.78, 5) is 25.3. The van der Waals surface area contributed by atoms with Gasteiger partial charge in [-0.15, -0.1) is 0 Å². The minimum Gasteiger partial charge on any atom is -0.496 e. The van der Waals surface area contributed by atoms with Gasteiger partial charge in [0, 0.05) is 49.6 Å². The van der Waals surface area contributed by atoms with Crippen LogP contribution in [0.15, 0.2) is 48.8 Å². The van der Waals surface area contributed by atoms with Crippen molar-refractivity contribution in [3.8, 4) is 28.5 Å². The van der Waals surface area contributed by atoms with E-state index in [9.17, 15) is 9.18 Å². The molecule has 0 unspecified atom stereocenters. The number of halogens is 1. The number of benzene rings is 2. The average Bonchev–Trinajstić information content (AvgIpc) is 2.89. The number of ether oxygens (including phenoxy) is 3. The molecular formula is C24H24FN5O4. The first-order valence-electron chi connectivity index (χ1n) is 11.0. The van der Waals surface area contributed by atoms with E-state index in [1.807, 2.05) is 6.07 Å². The Labute approximate surface area is 196 Å². The van der Waals surface area contributed by atoms with E-state index in [-0.39, 0.29) is 11.8 Å². The summed E-state index contributed by atoms with van der Waals surface area (Å²) in [6.07, 6.45) is 1.45. The molecule has 1 saturated heterocycles. The third kappa shape index (κ3) is 4.52. The molecule has 2 amide bonds. The lowest BCUT2D eigenvalue weighted by atomic mass is 10.1. The molecule has 176 valence electrons. The van der Waals surface area contributed by atoms with Crippen molar-refractivity contribution in [2.45, 2.75) is 0 Å². The predicted octanol–water partition coefficient (Wildman–Crippen LogP) is 3.42. The second kappa shape index (κ2) is 9.42. The number of nitrogens with one attached hydrogen (secondary N) is 1. The highest BCUT2D eigenvalue weighted by molar-refractivity contribution is 5.90. The summed E-state index contributed by atoms with van der Waals surface area (Å²) in [5.41, 5.74) is 1.78. The molecule has 0 bridgehead atoms. The largest absolute Gasteiger partial charge is 0.496 e. The van der Waals surface area contributed by atoms with E-state index in [1.165, 1.54) is 25.6 Å². The van der Waals surface area contributed by atoms with Gasteiger partial charge in [0.2, 0.25) is 0 Å². The minimum absolute atomic E-state index is 0.177. The monoisotopic (exact) mass is 465 g/mol. The summed E-state index contributed by atoms with van der Waals surface area (Å²) in [5, 5.41) is 2.92. The molecular weight excluding hydrogens is 441 g/mol. The van der Waals surface area contributed by atoms with Crippen molar-refractivity contribution in [2.24, 2.45) is 0 Å². The van der Waals surface area contributed by atoms with Crippen molar-refractivity contribution >= 4 is 17.5 Å². The second-order valence-corrected chi connectivity index (χ2v) is 7.87. The average molecular weight is 465 g/mol. The van der Waals surface area contributed by atoms with Gasteiger partial charge in [0.05, 0.1) is 12.8 Å². The molecule has 1 fully saturated rings. The van der Waals surface area contributed by atoms with Crippen LogP contribution < -0.4 is 24.4 Å². The molecule has 0 atom stereocenters. The SMILES string of the molecule is COc1ccc(F)cc1-c1cc(N2CCN(C(=O)Nc3ccc4c(c3)OCCO4)CC2)ncn1. The van der Waals surface area contributed by atoms with Gasteiger partial charge in [-0.25, -0.2) is 19.2 Å². The Hall–Kier alpha value is -4.08. The van der Waals surface area contributed by atoms with Gasteiger partial charge in [0.15, 0.2) is 11.5 Å². The van der Waals surface area contributed by atoms with Gasteiger partial charge in [-0.05, 0) is 30.3 Å². The molecule has 1 N–H and O–H groups in total. The fourth-order valence-electron chi connectivity index (χ4n) is 4.01. The van der Waals surface area contributed by atoms with Crippen LogP contribution in [0.4, 0.5) is 20.7 Å². The first-order chi connectivity index (χ1) is 16.6. The lowest BCUT2D eigenvalue weighted by Crippen LogP contribution is -2.50. The highest BCUT2D eigenvalue weighted by Crippen LogP contribution is 2.33. The number of fused-ring (bicyclic) bond motifs is 1. The number of carbonyl (C=O) groups is 1. The summed E-state index contributed by atoms with van der Waals surface area (Å²) in [6, 6.07) is 11.3. The molecule has 5 rings (SSSR count). The molecule has 1 aromatic heterocycles. The third-order valence-corrected chi connectivity index (χ3v) is 5.77. The van der Waals surface area contributed by atoms with Crippen molar-refractivity contribution in [3.63, 3.8) is 0 Å². The van der Waals surface area contributed by atoms with Gasteiger partial charge in [-0.3, -0.25) is 0 Å². The van der Waals surface area contributed by atoms with Crippen molar-refractivity contribution in [2.75, 3.05) is 56.7 Å². The molecule has 34 heavy (non-hydrogen) atoms. The van der Waals surface area contributed by atoms with Crippen LogP contribution in [0.25, 0.3) is 11.3 Å². The molecule has 0 spiro atoms. The summed E-state index contributed by atoms with van der Waals surface area (Å²) >= 11 is 0. The topological polar surface area (TPSA) is 89.1 Å². The van der Waals surface area contributed by atoms with Crippen molar-refractivity contribution in [3.05, 3.63) is 54.6 Å². The number of anilines is 2. The number of piperazine rings is 1. The summed E-state index contributed by atoms with van der Waals surface area (Å²) in [5.74, 6) is 2.19. The maximum atomic E-state index is 13.8. The van der Waals surface area contributed by atoms with Gasteiger partial charge in [0.1, 0.15) is 36.9 Å². The maximum absolute atomic E-state index is 13.8. The van der Waals surface area contributed by atoms with Crippen LogP contribution in [-0.2, 0) is 0 Å². The van der Waals surface area contributed by atoms with Crippen molar-refractivity contribution in [1.29, 1.82) is 0 Å². The Morgan fingerprint density at radius 3 is 2.59 bits per heavy atom. The van der Waals surface area contributed by atoms with E-state index < -0.39 is 0 Å². The summed E-state index contributed by atoms with van der Waals surface area (Å²) in [7, 11) is 1.54. The van der Waals surface area contributed by atoms with Gasteiger partial charge in [-0.1, -0.05) is 0 Å². The van der Waals surface area contributed by atoms with Crippen LogP contribution in [0.5, 0.6) is 17.2 Å². The Kier molecular flexibility index (Phi) is 6.03. The number of urea groups is 1. The molecule has 3 heterocycles. The van der Waals surface area contributed by atoms with Crippen molar-refractivity contribution in [1.82, 2.24) is 14.9 Å². The molecule has 0 saturated carbocycles. The third-order valence-electron chi connectivity index (χ3n) is 5.77. The fraction of sp³-hybridized carbons (Fsp3) is 0.292. The predicted molar refractivity (Wildman–Crippen MR) is 124 cm³/mol. The Morgan fingerprint density at radius 1 is 1.00 bits per heavy atom. The molecule has 0 aliphatic carbocycles. The van der Waals surface area contributed by atoms with Crippen LogP contribution in [0.1, 0.15) is 0 Å². The summed E-state index contributed by atoms with van der Waals surface area (Å²) < 4.78 is 30.3. The van der Waals surface area contributed by atoms with E-state index in [1.54, 1.807) is 29.2 Å². The highest BCUT2D eigenvalue weighted by atomic mass is 19.1. The first kappa shape index (κ1) is 21.7. The molecule has 3 aromatic rings. The zero-order valence-corrected chi connectivity index (χ0v) is 18.7. The lowest BCUT2D eigenvalue weighted by Gasteiger charge is -2.35. The van der Waals surface area contributed by atoms with Gasteiger partial charge < -0.3 is 29.3 Å². The number of hydrogen-bond acceptors (Lipinski definition) is 7. The molecule has 10 heteroatoms. The molecule has 2 aliphatic heterocycles. The number of nitrogens with zero attached hydrogens (tertiary/aromatic N) is 4. The van der Waals surface area contributed by atoms with Crippen LogP contribution in [0, 0.1) is 5.82 Å². The van der Waals surface area contributed by atoms with Crippen LogP contribution >= 0.6 is 0 Å². The normalized spacial score (nSPS) is 15.1. The molecule has 2 aliphatic rings. The second-order valence-electron chi connectivity index (χ2n) is 7.87. The molecule has 9 nitrogen and oxygen atoms in total. The Balaban J connectivity index is 1.23. The number of rotatable bonds is 4. The van der Waals surface area contributed by atoms with Crippen LogP contribution in [0.3, 0.4) is 0 Å². The smallest absolute Gasteiger partial charge is 0.321 e. The number of methoxy groups -OCH3 is 1. The van der Waals surface area contributed by atoms with Crippen LogP contribution in [0.2, 0.25) is 0 Å². The van der Waals surface area contributed by atoms with Gasteiger partial charge >= 0.3 is 6.03 Å². The number of amides is 2. The van der Waals surface area contributed by atoms with Crippen molar-refractivity contribution < 1.29 is 23.4 Å². The Bertz CT molecular complexity index is 1200. The quantitative estimate of drug-likeness (QED) is 0.632. The maximum Gasteiger partial charge on any atom is 0.321 e. The Morgan fingerprint density at radius 2 is 1.79 bits per heavy atom. The van der Waals surface area contributed by atoms with Gasteiger partial charge in [0.25, 0.3) is 0 Å². The zero-order chi connectivity index (χ0) is 23.5. The fourth-order valence-corrected chi connectivity index (χ4v) is 4.01. The minimum atomic E-state index is -0.367. The van der Waals surface area contributed by atoms with E-state index in [0.717, 1.165) is 0 Å². The lowest BCUT2D eigenvalue weighted by molar-refractivity contribution is 0.171. The summed E-state index contributed by atoms with van der Waals surface area (Å²) in [6.45, 7) is 3.27. The number of hydrogen-bond donors (Lipinski definition) is 1. The zero-order valence-electron chi connectivity index (χ0n) is 18.7. The first-order valence-corrected chi connectivity index (χ1v) is 11.0. The highest BCUT2D eigenvalue weighted by Gasteiger charge is 2.23. The van der Waals surface area contributed by atoms with Crippen LogP contribution in [-0.4, -0.2) is 67.4 Å². The van der Waals surface area contributed by atoms with E-state index in [2.05, 4.69) is 20.2 Å². The molecule has 2 aromatic carbocycles. The molecule has 0 radical (unpaired) electrons. The van der Waals surface area contributed by atoms with E-state index >= 15 is 0 Å². The van der Waals surface area contributed by atoms with E-state index in [0.29, 0.717) is 79.4 Å². The number of carbonyl (C=O) groups excluding carboxylic acids is 1.